The molecule has 112 valence electrons. The second kappa shape index (κ2) is 5.92. The highest BCUT2D eigenvalue weighted by atomic mass is 32.2. The molecule has 2 heterocycles. The second-order valence-electron chi connectivity index (χ2n) is 4.52. The van der Waals surface area contributed by atoms with Crippen molar-refractivity contribution in [2.75, 3.05) is 19.3 Å². The first-order valence-corrected chi connectivity index (χ1v) is 9.57. The van der Waals surface area contributed by atoms with E-state index in [2.05, 4.69) is 5.16 Å². The minimum absolute atomic E-state index is 0.165. The Bertz CT molecular complexity index is 575. The minimum atomic E-state index is -3.41. The quantitative estimate of drug-likeness (QED) is 0.375. The van der Waals surface area contributed by atoms with E-state index in [0.717, 1.165) is 0 Å². The Morgan fingerprint density at radius 3 is 2.65 bits per heavy atom. The highest BCUT2D eigenvalue weighted by Crippen LogP contribution is 2.36. The van der Waals surface area contributed by atoms with Gasteiger partial charge in [0.05, 0.1) is 4.75 Å². The molecule has 1 fully saturated rings. The molecule has 0 bridgehead atoms. The standard InChI is InChI=1S/C11H17N3O3S3/c1-18-11(10(12)13-15)4-6-14(7-5-11)20(16,17)9-3-2-8-19-9/h2-3,8,15H,4-7H2,1H3,(H2,12,13). The number of piperidine rings is 1. The monoisotopic (exact) mass is 335 g/mol. The van der Waals surface area contributed by atoms with Crippen LogP contribution in [0.1, 0.15) is 12.8 Å². The van der Waals surface area contributed by atoms with Crippen LogP contribution in [0.4, 0.5) is 0 Å². The molecule has 0 aliphatic carbocycles. The zero-order valence-corrected chi connectivity index (χ0v) is 13.5. The van der Waals surface area contributed by atoms with E-state index in [9.17, 15) is 8.42 Å². The number of amidine groups is 1. The summed E-state index contributed by atoms with van der Waals surface area (Å²) in [5, 5.41) is 13.7. The SMILES string of the molecule is CSC1(C(N)=NO)CCN(S(=O)(=O)c2cccs2)CC1. The van der Waals surface area contributed by atoms with Crippen LogP contribution in [0.25, 0.3) is 0 Å². The fourth-order valence-electron chi connectivity index (χ4n) is 2.28. The molecule has 20 heavy (non-hydrogen) atoms. The highest BCUT2D eigenvalue weighted by molar-refractivity contribution is 8.00. The predicted octanol–water partition coefficient (Wildman–Crippen LogP) is 1.38. The molecule has 1 saturated heterocycles. The number of sulfonamides is 1. The van der Waals surface area contributed by atoms with Gasteiger partial charge in [-0.25, -0.2) is 8.42 Å². The van der Waals surface area contributed by atoms with Gasteiger partial charge >= 0.3 is 0 Å². The molecule has 9 heteroatoms. The predicted molar refractivity (Wildman–Crippen MR) is 82.0 cm³/mol. The van der Waals surface area contributed by atoms with Gasteiger partial charge in [-0.1, -0.05) is 11.2 Å². The van der Waals surface area contributed by atoms with Crippen LogP contribution in [-0.2, 0) is 10.0 Å². The Morgan fingerprint density at radius 1 is 1.55 bits per heavy atom. The van der Waals surface area contributed by atoms with Gasteiger partial charge in [0.15, 0.2) is 5.84 Å². The third-order valence-corrected chi connectivity index (χ3v) is 8.26. The summed E-state index contributed by atoms with van der Waals surface area (Å²) in [4.78, 5) is 0. The van der Waals surface area contributed by atoms with Gasteiger partial charge in [-0.15, -0.1) is 11.3 Å². The number of nitrogens with zero attached hydrogens (tertiary/aromatic N) is 2. The van der Waals surface area contributed by atoms with Gasteiger partial charge in [0, 0.05) is 13.1 Å². The zero-order chi connectivity index (χ0) is 14.8. The largest absolute Gasteiger partial charge is 0.409 e. The summed E-state index contributed by atoms with van der Waals surface area (Å²) >= 11 is 2.72. The second-order valence-corrected chi connectivity index (χ2v) is 8.82. The molecule has 3 N–H and O–H groups in total. The van der Waals surface area contributed by atoms with Crippen LogP contribution in [0.3, 0.4) is 0 Å². The van der Waals surface area contributed by atoms with Crippen LogP contribution < -0.4 is 5.73 Å². The van der Waals surface area contributed by atoms with Gasteiger partial charge in [-0.2, -0.15) is 16.1 Å². The normalized spacial score (nSPS) is 20.9. The maximum atomic E-state index is 12.4. The van der Waals surface area contributed by atoms with E-state index >= 15 is 0 Å². The van der Waals surface area contributed by atoms with Gasteiger partial charge in [0.2, 0.25) is 0 Å². The topological polar surface area (TPSA) is 96.0 Å². The summed E-state index contributed by atoms with van der Waals surface area (Å²) < 4.78 is 26.2. The van der Waals surface area contributed by atoms with Crippen LogP contribution in [-0.4, -0.2) is 47.9 Å². The number of hydrogen-bond donors (Lipinski definition) is 2. The smallest absolute Gasteiger partial charge is 0.252 e. The van der Waals surface area contributed by atoms with E-state index in [1.54, 1.807) is 17.5 Å². The fourth-order valence-corrected chi connectivity index (χ4v) is 5.71. The van der Waals surface area contributed by atoms with Crippen LogP contribution >= 0.6 is 23.1 Å². The lowest BCUT2D eigenvalue weighted by Gasteiger charge is -2.38. The van der Waals surface area contributed by atoms with Crippen molar-refractivity contribution in [1.29, 1.82) is 0 Å². The van der Waals surface area contributed by atoms with Gasteiger partial charge in [0.25, 0.3) is 10.0 Å². The average molecular weight is 335 g/mol. The first kappa shape index (κ1) is 15.6. The molecule has 6 nitrogen and oxygen atoms in total. The maximum Gasteiger partial charge on any atom is 0.252 e. The molecule has 1 aromatic heterocycles. The molecule has 0 radical (unpaired) electrons. The third-order valence-electron chi connectivity index (χ3n) is 3.58. The van der Waals surface area contributed by atoms with Crippen molar-refractivity contribution < 1.29 is 13.6 Å². The fraction of sp³-hybridized carbons (Fsp3) is 0.545. The lowest BCUT2D eigenvalue weighted by atomic mass is 9.96. The van der Waals surface area contributed by atoms with Crippen molar-refractivity contribution in [3.8, 4) is 0 Å². The van der Waals surface area contributed by atoms with Crippen molar-refractivity contribution in [1.82, 2.24) is 4.31 Å². The summed E-state index contributed by atoms with van der Waals surface area (Å²) in [5.41, 5.74) is 5.76. The lowest BCUT2D eigenvalue weighted by Crippen LogP contribution is -2.51. The average Bonchev–Trinajstić information content (AvgIpc) is 3.01. The number of hydrogen-bond acceptors (Lipinski definition) is 6. The molecule has 0 unspecified atom stereocenters. The minimum Gasteiger partial charge on any atom is -0.409 e. The van der Waals surface area contributed by atoms with E-state index in [-0.39, 0.29) is 5.84 Å². The summed E-state index contributed by atoms with van der Waals surface area (Å²) in [6, 6.07) is 3.34. The lowest BCUT2D eigenvalue weighted by molar-refractivity contribution is 0.301. The van der Waals surface area contributed by atoms with E-state index in [1.165, 1.54) is 27.4 Å². The molecule has 1 aliphatic heterocycles. The molecule has 1 aliphatic rings. The summed E-state index contributed by atoms with van der Waals surface area (Å²) in [6.07, 6.45) is 2.96. The van der Waals surface area contributed by atoms with Crippen LogP contribution in [0.15, 0.2) is 26.9 Å². The molecule has 0 aromatic carbocycles. The van der Waals surface area contributed by atoms with Gasteiger partial charge in [-0.3, -0.25) is 0 Å². The van der Waals surface area contributed by atoms with Crippen molar-refractivity contribution in [2.24, 2.45) is 10.9 Å². The van der Waals surface area contributed by atoms with Crippen molar-refractivity contribution in [3.63, 3.8) is 0 Å². The first-order valence-electron chi connectivity index (χ1n) is 6.03. The number of rotatable bonds is 4. The number of thioether (sulfide) groups is 1. The van der Waals surface area contributed by atoms with E-state index in [0.29, 0.717) is 30.1 Å². The molecule has 0 amide bonds. The summed E-state index contributed by atoms with van der Waals surface area (Å²) in [5.74, 6) is 0.165. The summed E-state index contributed by atoms with van der Waals surface area (Å²) in [6.45, 7) is 0.745. The van der Waals surface area contributed by atoms with Crippen LogP contribution in [0, 0.1) is 0 Å². The van der Waals surface area contributed by atoms with Gasteiger partial charge in [-0.05, 0) is 30.5 Å². The molecular formula is C11H17N3O3S3. The summed E-state index contributed by atoms with van der Waals surface area (Å²) in [7, 11) is -3.41. The first-order chi connectivity index (χ1) is 9.46. The van der Waals surface area contributed by atoms with Crippen molar-refractivity contribution in [2.45, 2.75) is 21.8 Å². The molecule has 2 rings (SSSR count). The molecule has 0 spiro atoms. The van der Waals surface area contributed by atoms with E-state index in [1.807, 2.05) is 6.26 Å². The van der Waals surface area contributed by atoms with E-state index in [4.69, 9.17) is 10.9 Å². The maximum absolute atomic E-state index is 12.4. The Hall–Kier alpha value is -0.770. The third kappa shape index (κ3) is 2.67. The number of nitrogens with two attached hydrogens (primary N) is 1. The number of thiophene rings is 1. The van der Waals surface area contributed by atoms with Gasteiger partial charge in [0.1, 0.15) is 4.21 Å². The zero-order valence-electron chi connectivity index (χ0n) is 11.0. The molecule has 0 saturated carbocycles. The molecule has 0 atom stereocenters. The molecule has 1 aromatic rings. The van der Waals surface area contributed by atoms with E-state index < -0.39 is 14.8 Å². The molecular weight excluding hydrogens is 318 g/mol. The van der Waals surface area contributed by atoms with Gasteiger partial charge < -0.3 is 10.9 Å². The Balaban J connectivity index is 2.16. The van der Waals surface area contributed by atoms with Crippen molar-refractivity contribution >= 4 is 39.0 Å². The Morgan fingerprint density at radius 2 is 2.20 bits per heavy atom. The van der Waals surface area contributed by atoms with Crippen molar-refractivity contribution in [3.05, 3.63) is 17.5 Å². The highest BCUT2D eigenvalue weighted by Gasteiger charge is 2.41. The Kier molecular flexibility index (Phi) is 4.62. The van der Waals surface area contributed by atoms with Crippen LogP contribution in [0.5, 0.6) is 0 Å². The van der Waals surface area contributed by atoms with Crippen LogP contribution in [0.2, 0.25) is 0 Å². The Labute approximate surface area is 126 Å². The number of oxime groups is 1.